The molecule has 0 aliphatic carbocycles. The second-order valence-corrected chi connectivity index (χ2v) is 4.83. The molecule has 0 heterocycles. The van der Waals surface area contributed by atoms with E-state index in [1.807, 2.05) is 0 Å². The fraction of sp³-hybridized carbons (Fsp3) is 0.714. The summed E-state index contributed by atoms with van der Waals surface area (Å²) in [5.74, 6) is 2.61. The Morgan fingerprint density at radius 2 is 2.09 bits per heavy atom. The maximum atomic E-state index is 10.7. The molecule has 0 aromatic heterocycles. The van der Waals surface area contributed by atoms with Crippen molar-refractivity contribution in [2.45, 2.75) is 0 Å². The van der Waals surface area contributed by atoms with E-state index in [1.165, 1.54) is 6.26 Å². The molecular formula is C7H13NO2S. The highest BCUT2D eigenvalue weighted by Crippen LogP contribution is 1.86. The molecule has 0 aromatic carbocycles. The number of nitrogens with zero attached hydrogens (tertiary/aromatic N) is 1. The van der Waals surface area contributed by atoms with Gasteiger partial charge in [-0.2, -0.15) is 0 Å². The van der Waals surface area contributed by atoms with Crippen LogP contribution in [0.5, 0.6) is 0 Å². The molecule has 3 nitrogen and oxygen atoms in total. The summed E-state index contributed by atoms with van der Waals surface area (Å²) in [6.45, 7) is 0.999. The lowest BCUT2D eigenvalue weighted by molar-refractivity contribution is 0.398. The molecule has 0 amide bonds. The molecule has 0 radical (unpaired) electrons. The third-order valence-electron chi connectivity index (χ3n) is 1.21. The van der Waals surface area contributed by atoms with Gasteiger partial charge in [-0.15, -0.1) is 6.42 Å². The Balaban J connectivity index is 3.65. The van der Waals surface area contributed by atoms with Crippen molar-refractivity contribution in [3.05, 3.63) is 0 Å². The number of terminal acetylenes is 1. The zero-order chi connectivity index (χ0) is 8.91. The zero-order valence-electron chi connectivity index (χ0n) is 6.87. The Morgan fingerprint density at radius 1 is 1.55 bits per heavy atom. The van der Waals surface area contributed by atoms with Crippen LogP contribution in [0.1, 0.15) is 0 Å². The molecule has 64 valence electrons. The Morgan fingerprint density at radius 3 is 2.45 bits per heavy atom. The SMILES string of the molecule is C#CCN(C)CCS(C)(=O)=O. The van der Waals surface area contributed by atoms with Gasteiger partial charge in [-0.25, -0.2) is 8.42 Å². The molecule has 0 atom stereocenters. The minimum absolute atomic E-state index is 0.172. The van der Waals surface area contributed by atoms with Gasteiger partial charge in [-0.05, 0) is 7.05 Å². The van der Waals surface area contributed by atoms with Gasteiger partial charge in [0.05, 0.1) is 12.3 Å². The van der Waals surface area contributed by atoms with Crippen LogP contribution in [0.15, 0.2) is 0 Å². The van der Waals surface area contributed by atoms with Crippen molar-refractivity contribution >= 4 is 9.84 Å². The molecule has 0 aliphatic rings. The van der Waals surface area contributed by atoms with Crippen LogP contribution in [0.3, 0.4) is 0 Å². The van der Waals surface area contributed by atoms with E-state index < -0.39 is 9.84 Å². The highest BCUT2D eigenvalue weighted by atomic mass is 32.2. The molecule has 0 aromatic rings. The molecule has 0 saturated heterocycles. The van der Waals surface area contributed by atoms with Gasteiger partial charge in [0.15, 0.2) is 0 Å². The molecule has 0 spiro atoms. The summed E-state index contributed by atoms with van der Waals surface area (Å²) < 4.78 is 21.3. The molecule has 0 unspecified atom stereocenters. The predicted octanol–water partition coefficient (Wildman–Crippen LogP) is -0.404. The largest absolute Gasteiger partial charge is 0.294 e. The third kappa shape index (κ3) is 7.37. The third-order valence-corrected chi connectivity index (χ3v) is 2.13. The van der Waals surface area contributed by atoms with Crippen LogP contribution in [-0.4, -0.2) is 45.5 Å². The van der Waals surface area contributed by atoms with Crippen LogP contribution in [0.2, 0.25) is 0 Å². The van der Waals surface area contributed by atoms with Crippen LogP contribution in [-0.2, 0) is 9.84 Å². The lowest BCUT2D eigenvalue weighted by Gasteiger charge is -2.11. The topological polar surface area (TPSA) is 37.4 Å². The number of hydrogen-bond acceptors (Lipinski definition) is 3. The van der Waals surface area contributed by atoms with Crippen LogP contribution >= 0.6 is 0 Å². The fourth-order valence-corrected chi connectivity index (χ4v) is 1.20. The number of rotatable bonds is 4. The highest BCUT2D eigenvalue weighted by Gasteiger charge is 2.03. The van der Waals surface area contributed by atoms with Crippen LogP contribution in [0.25, 0.3) is 0 Å². The molecule has 0 N–H and O–H groups in total. The van der Waals surface area contributed by atoms with Gasteiger partial charge < -0.3 is 0 Å². The van der Waals surface area contributed by atoms with Crippen molar-refractivity contribution < 1.29 is 8.42 Å². The Kier molecular flexibility index (Phi) is 4.16. The fourth-order valence-electron chi connectivity index (χ4n) is 0.557. The summed E-state index contributed by atoms with van der Waals surface area (Å²) in [5.41, 5.74) is 0. The normalized spacial score (nSPS) is 11.5. The predicted molar refractivity (Wildman–Crippen MR) is 46.0 cm³/mol. The first-order chi connectivity index (χ1) is 4.95. The van der Waals surface area contributed by atoms with Gasteiger partial charge in [0.1, 0.15) is 9.84 Å². The van der Waals surface area contributed by atoms with Gasteiger partial charge >= 0.3 is 0 Å². The Bertz CT molecular complexity index is 238. The lowest BCUT2D eigenvalue weighted by Crippen LogP contribution is -2.25. The Labute approximate surface area is 68.3 Å². The Hall–Kier alpha value is -0.530. The van der Waals surface area contributed by atoms with E-state index in [2.05, 4.69) is 5.92 Å². The van der Waals surface area contributed by atoms with E-state index in [0.717, 1.165) is 0 Å². The summed E-state index contributed by atoms with van der Waals surface area (Å²) in [6.07, 6.45) is 6.25. The van der Waals surface area contributed by atoms with E-state index in [4.69, 9.17) is 6.42 Å². The maximum absolute atomic E-state index is 10.7. The molecule has 0 rings (SSSR count). The maximum Gasteiger partial charge on any atom is 0.148 e. The number of hydrogen-bond donors (Lipinski definition) is 0. The molecular weight excluding hydrogens is 162 g/mol. The van der Waals surface area contributed by atoms with Crippen molar-refractivity contribution in [1.82, 2.24) is 4.90 Å². The first-order valence-corrected chi connectivity index (χ1v) is 5.31. The monoisotopic (exact) mass is 175 g/mol. The minimum atomic E-state index is -2.85. The zero-order valence-corrected chi connectivity index (χ0v) is 7.69. The van der Waals surface area contributed by atoms with E-state index in [-0.39, 0.29) is 5.75 Å². The van der Waals surface area contributed by atoms with Gasteiger partial charge in [0, 0.05) is 12.8 Å². The quantitative estimate of drug-likeness (QED) is 0.545. The van der Waals surface area contributed by atoms with Gasteiger partial charge in [0.2, 0.25) is 0 Å². The van der Waals surface area contributed by atoms with Crippen molar-refractivity contribution in [2.75, 3.05) is 32.1 Å². The summed E-state index contributed by atoms with van der Waals surface area (Å²) in [6, 6.07) is 0. The molecule has 0 aliphatic heterocycles. The van der Waals surface area contributed by atoms with Crippen molar-refractivity contribution in [1.29, 1.82) is 0 Å². The first-order valence-electron chi connectivity index (χ1n) is 3.25. The van der Waals surface area contributed by atoms with Gasteiger partial charge in [-0.1, -0.05) is 5.92 Å². The van der Waals surface area contributed by atoms with E-state index >= 15 is 0 Å². The highest BCUT2D eigenvalue weighted by molar-refractivity contribution is 7.90. The summed E-state index contributed by atoms with van der Waals surface area (Å²) in [4.78, 5) is 1.79. The van der Waals surface area contributed by atoms with Crippen molar-refractivity contribution in [3.63, 3.8) is 0 Å². The summed E-state index contributed by atoms with van der Waals surface area (Å²) >= 11 is 0. The van der Waals surface area contributed by atoms with Crippen LogP contribution < -0.4 is 0 Å². The number of sulfone groups is 1. The second-order valence-electron chi connectivity index (χ2n) is 2.57. The molecule has 11 heavy (non-hydrogen) atoms. The first kappa shape index (κ1) is 10.5. The summed E-state index contributed by atoms with van der Waals surface area (Å²) in [7, 11) is -1.05. The lowest BCUT2D eigenvalue weighted by atomic mass is 10.5. The van der Waals surface area contributed by atoms with E-state index in [1.54, 1.807) is 11.9 Å². The average molecular weight is 175 g/mol. The van der Waals surface area contributed by atoms with Crippen molar-refractivity contribution in [2.24, 2.45) is 0 Å². The average Bonchev–Trinajstić information content (AvgIpc) is 1.83. The van der Waals surface area contributed by atoms with Crippen LogP contribution in [0, 0.1) is 12.3 Å². The molecule has 0 fully saturated rings. The van der Waals surface area contributed by atoms with Crippen molar-refractivity contribution in [3.8, 4) is 12.3 Å². The molecule has 0 saturated carbocycles. The van der Waals surface area contributed by atoms with Gasteiger partial charge in [-0.3, -0.25) is 4.90 Å². The van der Waals surface area contributed by atoms with E-state index in [9.17, 15) is 8.42 Å². The standard InChI is InChI=1S/C7H13NO2S/c1-4-5-8(2)6-7-11(3,9)10/h1H,5-7H2,2-3H3. The minimum Gasteiger partial charge on any atom is -0.294 e. The van der Waals surface area contributed by atoms with E-state index in [0.29, 0.717) is 13.1 Å². The smallest absolute Gasteiger partial charge is 0.148 e. The second kappa shape index (κ2) is 4.37. The van der Waals surface area contributed by atoms with Crippen LogP contribution in [0.4, 0.5) is 0 Å². The molecule has 4 heteroatoms. The summed E-state index contributed by atoms with van der Waals surface area (Å²) in [5, 5.41) is 0. The van der Waals surface area contributed by atoms with Gasteiger partial charge in [0.25, 0.3) is 0 Å². The molecule has 0 bridgehead atoms.